The van der Waals surface area contributed by atoms with Crippen molar-refractivity contribution in [3.8, 4) is 6.07 Å². The molecule has 8 heteroatoms. The van der Waals surface area contributed by atoms with E-state index >= 15 is 0 Å². The maximum Gasteiger partial charge on any atom is 0.410 e. The second-order valence-electron chi connectivity index (χ2n) is 7.87. The average molecular weight is 379 g/mol. The summed E-state index contributed by atoms with van der Waals surface area (Å²) in [4.78, 5) is 16.1. The number of morpholine rings is 1. The highest BCUT2D eigenvalue weighted by Crippen LogP contribution is 2.29. The first-order chi connectivity index (χ1) is 12.7. The van der Waals surface area contributed by atoms with Crippen LogP contribution in [0.4, 0.5) is 13.6 Å². The Morgan fingerprint density at radius 2 is 1.93 bits per heavy atom. The lowest BCUT2D eigenvalue weighted by molar-refractivity contribution is -0.0907. The Bertz CT molecular complexity index is 749. The monoisotopic (exact) mass is 379 g/mol. The van der Waals surface area contributed by atoms with Crippen molar-refractivity contribution in [2.45, 2.75) is 38.5 Å². The zero-order valence-electron chi connectivity index (χ0n) is 15.7. The van der Waals surface area contributed by atoms with Crippen LogP contribution >= 0.6 is 0 Å². The minimum atomic E-state index is -0.882. The summed E-state index contributed by atoms with van der Waals surface area (Å²) in [6.45, 7) is 7.92. The number of carbonyl (C=O) groups is 1. The topological polar surface area (TPSA) is 65.8 Å². The van der Waals surface area contributed by atoms with E-state index in [1.807, 2.05) is 20.8 Å². The molecule has 0 radical (unpaired) electrons. The van der Waals surface area contributed by atoms with E-state index in [1.54, 1.807) is 4.90 Å². The van der Waals surface area contributed by atoms with E-state index in [9.17, 15) is 13.6 Å². The molecular weight excluding hydrogens is 356 g/mol. The quantitative estimate of drug-likeness (QED) is 0.751. The highest BCUT2D eigenvalue weighted by molar-refractivity contribution is 5.68. The highest BCUT2D eigenvalue weighted by Gasteiger charge is 2.37. The number of benzene rings is 1. The van der Waals surface area contributed by atoms with Gasteiger partial charge in [-0.1, -0.05) is 0 Å². The molecule has 3 rings (SSSR count). The fourth-order valence-corrected chi connectivity index (χ4v) is 3.36. The fourth-order valence-electron chi connectivity index (χ4n) is 3.36. The van der Waals surface area contributed by atoms with Gasteiger partial charge >= 0.3 is 6.09 Å². The van der Waals surface area contributed by atoms with Crippen molar-refractivity contribution < 1.29 is 23.0 Å². The van der Waals surface area contributed by atoms with Crippen LogP contribution in [0.15, 0.2) is 12.1 Å². The molecule has 146 valence electrons. The number of hydrogen-bond donors (Lipinski definition) is 0. The van der Waals surface area contributed by atoms with Crippen LogP contribution in [0.25, 0.3) is 0 Å². The zero-order chi connectivity index (χ0) is 19.8. The number of ether oxygens (including phenoxy) is 2. The number of carbonyl (C=O) groups excluding carboxylic acids is 1. The van der Waals surface area contributed by atoms with Crippen LogP contribution in [0.5, 0.6) is 0 Å². The van der Waals surface area contributed by atoms with Crippen LogP contribution in [0.1, 0.15) is 38.0 Å². The summed E-state index contributed by atoms with van der Waals surface area (Å²) in [5.74, 6) is -1.76. The molecule has 1 aromatic rings. The third-order valence-corrected chi connectivity index (χ3v) is 4.69. The molecule has 0 spiro atoms. The van der Waals surface area contributed by atoms with Gasteiger partial charge in [0, 0.05) is 26.2 Å². The number of amides is 1. The molecule has 0 aliphatic carbocycles. The summed E-state index contributed by atoms with van der Waals surface area (Å²) in [6.07, 6.45) is -0.827. The first-order valence-corrected chi connectivity index (χ1v) is 8.90. The summed E-state index contributed by atoms with van der Waals surface area (Å²) < 4.78 is 39.0. The number of piperazine rings is 1. The third kappa shape index (κ3) is 4.37. The SMILES string of the molecule is CC(C)(C)OC(=O)N1CCN2C[C@@H](c3cc(F)c(C#N)c(F)c3)OC[C@@H]2C1. The first kappa shape index (κ1) is 19.5. The summed E-state index contributed by atoms with van der Waals surface area (Å²) in [5.41, 5.74) is -0.762. The molecule has 27 heavy (non-hydrogen) atoms. The molecule has 0 bridgehead atoms. The Morgan fingerprint density at radius 3 is 2.52 bits per heavy atom. The second kappa shape index (κ2) is 7.41. The van der Waals surface area contributed by atoms with Crippen molar-refractivity contribution in [3.05, 3.63) is 34.9 Å². The van der Waals surface area contributed by atoms with Crippen LogP contribution in [0.2, 0.25) is 0 Å². The first-order valence-electron chi connectivity index (χ1n) is 8.90. The van der Waals surface area contributed by atoms with Crippen LogP contribution in [0, 0.1) is 23.0 Å². The molecule has 0 saturated carbocycles. The maximum absolute atomic E-state index is 13.9. The molecule has 2 heterocycles. The van der Waals surface area contributed by atoms with Crippen molar-refractivity contribution in [2.75, 3.05) is 32.8 Å². The van der Waals surface area contributed by atoms with Gasteiger partial charge in [0.1, 0.15) is 28.9 Å². The van der Waals surface area contributed by atoms with Crippen LogP contribution in [-0.2, 0) is 9.47 Å². The maximum atomic E-state index is 13.9. The van der Waals surface area contributed by atoms with Crippen molar-refractivity contribution in [2.24, 2.45) is 0 Å². The smallest absolute Gasteiger partial charge is 0.410 e. The Labute approximate surface area is 157 Å². The molecule has 2 aliphatic heterocycles. The molecule has 0 N–H and O–H groups in total. The van der Waals surface area contributed by atoms with E-state index in [4.69, 9.17) is 14.7 Å². The molecule has 0 unspecified atom stereocenters. The summed E-state index contributed by atoms with van der Waals surface area (Å²) in [5, 5.41) is 8.78. The standard InChI is InChI=1S/C19H23F2N3O3/c1-19(2,3)27-18(25)24-5-4-23-10-17(26-11-13(23)9-24)12-6-15(20)14(8-22)16(21)7-12/h6-7,13,17H,4-5,9-11H2,1-3H3/t13-,17-/m0/s1. The lowest BCUT2D eigenvalue weighted by atomic mass is 10.0. The molecule has 2 fully saturated rings. The molecular formula is C19H23F2N3O3. The Kier molecular flexibility index (Phi) is 5.36. The predicted octanol–water partition coefficient (Wildman–Crippen LogP) is 2.83. The van der Waals surface area contributed by atoms with Gasteiger partial charge in [0.2, 0.25) is 0 Å². The number of fused-ring (bicyclic) bond motifs is 1. The Balaban J connectivity index is 1.65. The average Bonchev–Trinajstić information content (AvgIpc) is 2.59. The lowest BCUT2D eigenvalue weighted by Gasteiger charge is -2.46. The molecule has 6 nitrogen and oxygen atoms in total. The van der Waals surface area contributed by atoms with E-state index < -0.39 is 28.9 Å². The van der Waals surface area contributed by atoms with Gasteiger partial charge in [-0.15, -0.1) is 0 Å². The van der Waals surface area contributed by atoms with Gasteiger partial charge in [-0.05, 0) is 38.5 Å². The van der Waals surface area contributed by atoms with Crippen molar-refractivity contribution in [1.29, 1.82) is 5.26 Å². The molecule has 0 aromatic heterocycles. The summed E-state index contributed by atoms with van der Waals surface area (Å²) in [6, 6.07) is 3.84. The van der Waals surface area contributed by atoms with Gasteiger partial charge in [-0.2, -0.15) is 5.26 Å². The third-order valence-electron chi connectivity index (χ3n) is 4.69. The fraction of sp³-hybridized carbons (Fsp3) is 0.579. The number of nitrogens with zero attached hydrogens (tertiary/aromatic N) is 3. The van der Waals surface area contributed by atoms with E-state index in [-0.39, 0.29) is 12.1 Å². The van der Waals surface area contributed by atoms with Crippen LogP contribution in [-0.4, -0.2) is 60.3 Å². The number of halogens is 2. The van der Waals surface area contributed by atoms with Crippen LogP contribution in [0.3, 0.4) is 0 Å². The molecule has 1 aromatic carbocycles. The summed E-state index contributed by atoms with van der Waals surface area (Å²) in [7, 11) is 0. The lowest BCUT2D eigenvalue weighted by Crippen LogP contribution is -2.60. The van der Waals surface area contributed by atoms with Gasteiger partial charge in [0.05, 0.1) is 18.8 Å². The van der Waals surface area contributed by atoms with Crippen molar-refractivity contribution >= 4 is 6.09 Å². The van der Waals surface area contributed by atoms with Gasteiger partial charge in [-0.3, -0.25) is 4.90 Å². The molecule has 2 atom stereocenters. The van der Waals surface area contributed by atoms with E-state index in [0.717, 1.165) is 12.1 Å². The molecule has 2 aliphatic rings. The largest absolute Gasteiger partial charge is 0.444 e. The van der Waals surface area contributed by atoms with E-state index in [2.05, 4.69) is 4.90 Å². The minimum Gasteiger partial charge on any atom is -0.444 e. The molecule has 1 amide bonds. The van der Waals surface area contributed by atoms with E-state index in [1.165, 1.54) is 6.07 Å². The Morgan fingerprint density at radius 1 is 1.26 bits per heavy atom. The normalized spacial score (nSPS) is 23.5. The number of nitriles is 1. The summed E-state index contributed by atoms with van der Waals surface area (Å²) >= 11 is 0. The Hall–Kier alpha value is -2.24. The van der Waals surface area contributed by atoms with Gasteiger partial charge in [-0.25, -0.2) is 13.6 Å². The minimum absolute atomic E-state index is 0.00981. The molecule has 2 saturated heterocycles. The van der Waals surface area contributed by atoms with Gasteiger partial charge in [0.25, 0.3) is 0 Å². The number of hydrogen-bond acceptors (Lipinski definition) is 5. The van der Waals surface area contributed by atoms with Crippen LogP contribution < -0.4 is 0 Å². The van der Waals surface area contributed by atoms with Crippen molar-refractivity contribution in [3.63, 3.8) is 0 Å². The van der Waals surface area contributed by atoms with Gasteiger partial charge < -0.3 is 14.4 Å². The predicted molar refractivity (Wildman–Crippen MR) is 92.9 cm³/mol. The zero-order valence-corrected chi connectivity index (χ0v) is 15.7. The highest BCUT2D eigenvalue weighted by atomic mass is 19.1. The number of rotatable bonds is 1. The second-order valence-corrected chi connectivity index (χ2v) is 7.87. The van der Waals surface area contributed by atoms with Crippen molar-refractivity contribution in [1.82, 2.24) is 9.80 Å². The van der Waals surface area contributed by atoms with E-state index in [0.29, 0.717) is 38.3 Å². The van der Waals surface area contributed by atoms with Gasteiger partial charge in [0.15, 0.2) is 0 Å².